The van der Waals surface area contributed by atoms with Crippen molar-refractivity contribution in [2.24, 2.45) is 0 Å². The SMILES string of the molecule is CCNc1cc([N+](=O)[O-])cc(N(CC)C(C)CN(C)C)n1. The van der Waals surface area contributed by atoms with Crippen molar-refractivity contribution in [2.75, 3.05) is 43.9 Å². The van der Waals surface area contributed by atoms with Gasteiger partial charge in [0.2, 0.25) is 0 Å². The molecule has 1 N–H and O–H groups in total. The first-order valence-electron chi connectivity index (χ1n) is 7.20. The topological polar surface area (TPSA) is 74.5 Å². The molecule has 0 aliphatic heterocycles. The molecule has 7 heteroatoms. The van der Waals surface area contributed by atoms with E-state index in [0.717, 1.165) is 13.1 Å². The fourth-order valence-electron chi connectivity index (χ4n) is 2.35. The van der Waals surface area contributed by atoms with Crippen molar-refractivity contribution < 1.29 is 4.92 Å². The second-order valence-corrected chi connectivity index (χ2v) is 5.25. The van der Waals surface area contributed by atoms with E-state index in [2.05, 4.69) is 27.0 Å². The standard InChI is InChI=1S/C14H25N5O2/c1-6-15-13-8-12(19(20)21)9-14(16-13)18(7-2)11(3)10-17(4)5/h8-9,11H,6-7,10H2,1-5H3,(H,15,16). The van der Waals surface area contributed by atoms with Gasteiger partial charge in [-0.25, -0.2) is 4.98 Å². The molecule has 1 aromatic heterocycles. The molecule has 0 radical (unpaired) electrons. The first kappa shape index (κ1) is 17.2. The van der Waals surface area contributed by atoms with Gasteiger partial charge in [-0.1, -0.05) is 0 Å². The Kier molecular flexibility index (Phi) is 6.36. The molecule has 0 saturated carbocycles. The third-order valence-electron chi connectivity index (χ3n) is 3.16. The Hall–Kier alpha value is -1.89. The van der Waals surface area contributed by atoms with Crippen LogP contribution < -0.4 is 10.2 Å². The normalized spacial score (nSPS) is 12.3. The molecule has 0 saturated heterocycles. The van der Waals surface area contributed by atoms with Crippen LogP contribution in [0.2, 0.25) is 0 Å². The summed E-state index contributed by atoms with van der Waals surface area (Å²) >= 11 is 0. The number of likely N-dealkylation sites (N-methyl/N-ethyl adjacent to an activating group) is 2. The van der Waals surface area contributed by atoms with E-state index in [0.29, 0.717) is 18.2 Å². The quantitative estimate of drug-likeness (QED) is 0.585. The van der Waals surface area contributed by atoms with Crippen LogP contribution in [0.4, 0.5) is 17.3 Å². The maximum absolute atomic E-state index is 11.1. The smallest absolute Gasteiger partial charge is 0.276 e. The molecule has 0 aliphatic carbocycles. The lowest BCUT2D eigenvalue weighted by molar-refractivity contribution is -0.384. The highest BCUT2D eigenvalue weighted by Crippen LogP contribution is 2.24. The van der Waals surface area contributed by atoms with Crippen LogP contribution >= 0.6 is 0 Å². The predicted octanol–water partition coefficient (Wildman–Crippen LogP) is 2.20. The number of hydrogen-bond acceptors (Lipinski definition) is 6. The van der Waals surface area contributed by atoms with Crippen LogP contribution in [0.25, 0.3) is 0 Å². The predicted molar refractivity (Wildman–Crippen MR) is 86.1 cm³/mol. The Labute approximate surface area is 126 Å². The molecule has 0 aliphatic rings. The summed E-state index contributed by atoms with van der Waals surface area (Å²) in [5.41, 5.74) is 0.0615. The molecule has 118 valence electrons. The number of anilines is 2. The van der Waals surface area contributed by atoms with Crippen molar-refractivity contribution in [1.29, 1.82) is 0 Å². The highest BCUT2D eigenvalue weighted by Gasteiger charge is 2.19. The molecule has 0 aromatic carbocycles. The maximum Gasteiger partial charge on any atom is 0.276 e. The van der Waals surface area contributed by atoms with Gasteiger partial charge in [0.05, 0.1) is 17.1 Å². The van der Waals surface area contributed by atoms with Gasteiger partial charge in [-0.15, -0.1) is 0 Å². The van der Waals surface area contributed by atoms with Crippen molar-refractivity contribution in [3.63, 3.8) is 0 Å². The summed E-state index contributed by atoms with van der Waals surface area (Å²) in [7, 11) is 4.02. The second-order valence-electron chi connectivity index (χ2n) is 5.25. The molecule has 0 spiro atoms. The molecule has 1 atom stereocenters. The molecular weight excluding hydrogens is 270 g/mol. The van der Waals surface area contributed by atoms with Crippen LogP contribution in [0.15, 0.2) is 12.1 Å². The molecule has 0 fully saturated rings. The zero-order valence-electron chi connectivity index (χ0n) is 13.5. The molecule has 1 rings (SSSR count). The number of nitrogens with zero attached hydrogens (tertiary/aromatic N) is 4. The summed E-state index contributed by atoms with van der Waals surface area (Å²) in [5, 5.41) is 14.1. The number of hydrogen-bond donors (Lipinski definition) is 1. The lowest BCUT2D eigenvalue weighted by atomic mass is 10.2. The van der Waals surface area contributed by atoms with Gasteiger partial charge in [0.25, 0.3) is 5.69 Å². The van der Waals surface area contributed by atoms with Crippen molar-refractivity contribution in [2.45, 2.75) is 26.8 Å². The minimum atomic E-state index is -0.378. The number of pyridine rings is 1. The Bertz CT molecular complexity index is 478. The third kappa shape index (κ3) is 4.86. The van der Waals surface area contributed by atoms with E-state index in [4.69, 9.17) is 0 Å². The molecule has 0 amide bonds. The summed E-state index contributed by atoms with van der Waals surface area (Å²) in [6, 6.07) is 3.22. The highest BCUT2D eigenvalue weighted by molar-refractivity contribution is 5.56. The van der Waals surface area contributed by atoms with E-state index in [1.54, 1.807) is 0 Å². The van der Waals surface area contributed by atoms with Gasteiger partial charge in [0.1, 0.15) is 11.6 Å². The lowest BCUT2D eigenvalue weighted by Gasteiger charge is -2.31. The Morgan fingerprint density at radius 2 is 2.05 bits per heavy atom. The van der Waals surface area contributed by atoms with E-state index < -0.39 is 0 Å². The average Bonchev–Trinajstić information content (AvgIpc) is 2.38. The summed E-state index contributed by atoms with van der Waals surface area (Å²) in [6.45, 7) is 8.33. The Morgan fingerprint density at radius 1 is 1.38 bits per heavy atom. The second kappa shape index (κ2) is 7.78. The van der Waals surface area contributed by atoms with E-state index in [-0.39, 0.29) is 16.7 Å². The number of rotatable bonds is 8. The van der Waals surface area contributed by atoms with Crippen LogP contribution in [0.1, 0.15) is 20.8 Å². The van der Waals surface area contributed by atoms with E-state index in [1.807, 2.05) is 27.9 Å². The molecule has 21 heavy (non-hydrogen) atoms. The Morgan fingerprint density at radius 3 is 2.52 bits per heavy atom. The first-order valence-corrected chi connectivity index (χ1v) is 7.20. The van der Waals surface area contributed by atoms with Crippen molar-refractivity contribution in [1.82, 2.24) is 9.88 Å². The fraction of sp³-hybridized carbons (Fsp3) is 0.643. The summed E-state index contributed by atoms with van der Waals surface area (Å²) in [4.78, 5) is 19.4. The van der Waals surface area contributed by atoms with Gasteiger partial charge in [-0.3, -0.25) is 10.1 Å². The number of nitro groups is 1. The van der Waals surface area contributed by atoms with Crippen molar-refractivity contribution in [3.05, 3.63) is 22.2 Å². The first-order chi connectivity index (χ1) is 9.88. The van der Waals surface area contributed by atoms with Gasteiger partial charge in [-0.05, 0) is 34.9 Å². The van der Waals surface area contributed by atoms with Crippen LogP contribution in [0, 0.1) is 10.1 Å². The molecule has 7 nitrogen and oxygen atoms in total. The van der Waals surface area contributed by atoms with Crippen LogP contribution in [0.5, 0.6) is 0 Å². The van der Waals surface area contributed by atoms with Gasteiger partial charge in [-0.2, -0.15) is 0 Å². The zero-order chi connectivity index (χ0) is 16.0. The molecule has 1 heterocycles. The molecular formula is C14H25N5O2. The van der Waals surface area contributed by atoms with Crippen LogP contribution in [-0.4, -0.2) is 54.6 Å². The summed E-state index contributed by atoms with van der Waals surface area (Å²) in [6.07, 6.45) is 0. The highest BCUT2D eigenvalue weighted by atomic mass is 16.6. The molecule has 1 unspecified atom stereocenters. The fourth-order valence-corrected chi connectivity index (χ4v) is 2.35. The van der Waals surface area contributed by atoms with Gasteiger partial charge in [0, 0.05) is 25.7 Å². The monoisotopic (exact) mass is 295 g/mol. The number of aromatic nitrogens is 1. The van der Waals surface area contributed by atoms with Gasteiger partial charge >= 0.3 is 0 Å². The van der Waals surface area contributed by atoms with Crippen LogP contribution in [0.3, 0.4) is 0 Å². The summed E-state index contributed by atoms with van der Waals surface area (Å²) in [5.74, 6) is 1.18. The number of nitrogens with one attached hydrogen (secondary N) is 1. The van der Waals surface area contributed by atoms with E-state index in [9.17, 15) is 10.1 Å². The average molecular weight is 295 g/mol. The third-order valence-corrected chi connectivity index (χ3v) is 3.16. The van der Waals surface area contributed by atoms with Crippen LogP contribution in [-0.2, 0) is 0 Å². The maximum atomic E-state index is 11.1. The summed E-state index contributed by atoms with van der Waals surface area (Å²) < 4.78 is 0. The molecule has 1 aromatic rings. The van der Waals surface area contributed by atoms with E-state index in [1.165, 1.54) is 12.1 Å². The van der Waals surface area contributed by atoms with Crippen molar-refractivity contribution in [3.8, 4) is 0 Å². The lowest BCUT2D eigenvalue weighted by Crippen LogP contribution is -2.40. The zero-order valence-corrected chi connectivity index (χ0v) is 13.5. The van der Waals surface area contributed by atoms with Crippen molar-refractivity contribution >= 4 is 17.3 Å². The van der Waals surface area contributed by atoms with Gasteiger partial charge in [0.15, 0.2) is 0 Å². The minimum absolute atomic E-state index is 0.0615. The molecule has 0 bridgehead atoms. The minimum Gasteiger partial charge on any atom is -0.370 e. The Balaban J connectivity index is 3.14. The largest absolute Gasteiger partial charge is 0.370 e. The van der Waals surface area contributed by atoms with Gasteiger partial charge < -0.3 is 15.1 Å². The van der Waals surface area contributed by atoms with E-state index >= 15 is 0 Å².